The number of halogens is 2. The second-order valence-electron chi connectivity index (χ2n) is 5.54. The first-order chi connectivity index (χ1) is 9.19. The molecule has 2 nitrogen and oxygen atoms in total. The number of rotatable bonds is 5. The Morgan fingerprint density at radius 1 is 1.32 bits per heavy atom. The second-order valence-corrected chi connectivity index (χ2v) is 6.46. The summed E-state index contributed by atoms with van der Waals surface area (Å²) in [7, 11) is 0. The molecule has 3 N–H and O–H groups in total. The van der Waals surface area contributed by atoms with Crippen molar-refractivity contribution in [2.75, 3.05) is 0 Å². The summed E-state index contributed by atoms with van der Waals surface area (Å²) in [6.07, 6.45) is 8.31. The first kappa shape index (κ1) is 14.9. The van der Waals surface area contributed by atoms with Gasteiger partial charge < -0.3 is 0 Å². The quantitative estimate of drug-likeness (QED) is 0.634. The van der Waals surface area contributed by atoms with Gasteiger partial charge in [0.05, 0.1) is 0 Å². The molecule has 0 amide bonds. The molecule has 0 saturated heterocycles. The summed E-state index contributed by atoms with van der Waals surface area (Å²) in [4.78, 5) is 0. The van der Waals surface area contributed by atoms with Gasteiger partial charge in [-0.1, -0.05) is 54.1 Å². The van der Waals surface area contributed by atoms with Crippen LogP contribution < -0.4 is 11.3 Å². The molecule has 0 bridgehead atoms. The summed E-state index contributed by atoms with van der Waals surface area (Å²) < 4.78 is 14.6. The second kappa shape index (κ2) is 7.36. The maximum atomic E-state index is 13.8. The molecule has 19 heavy (non-hydrogen) atoms. The lowest BCUT2D eigenvalue weighted by molar-refractivity contribution is 0.297. The van der Waals surface area contributed by atoms with Crippen LogP contribution in [0.15, 0.2) is 22.7 Å². The fourth-order valence-electron chi connectivity index (χ4n) is 2.99. The highest BCUT2D eigenvalue weighted by molar-refractivity contribution is 9.10. The van der Waals surface area contributed by atoms with Crippen LogP contribution in [0.3, 0.4) is 0 Å². The van der Waals surface area contributed by atoms with Gasteiger partial charge in [0.2, 0.25) is 0 Å². The Labute approximate surface area is 123 Å². The number of nitrogens with one attached hydrogen (secondary N) is 1. The fourth-order valence-corrected chi connectivity index (χ4v) is 3.32. The summed E-state index contributed by atoms with van der Waals surface area (Å²) in [6, 6.07) is 5.40. The van der Waals surface area contributed by atoms with Crippen molar-refractivity contribution in [2.45, 2.75) is 51.0 Å². The van der Waals surface area contributed by atoms with E-state index in [4.69, 9.17) is 5.84 Å². The molecule has 0 spiro atoms. The third kappa shape index (κ3) is 4.55. The molecule has 1 aliphatic carbocycles. The molecule has 1 unspecified atom stereocenters. The third-order valence-corrected chi connectivity index (χ3v) is 4.55. The van der Waals surface area contributed by atoms with Crippen molar-refractivity contribution in [3.05, 3.63) is 34.1 Å². The van der Waals surface area contributed by atoms with Crippen molar-refractivity contribution < 1.29 is 4.39 Å². The van der Waals surface area contributed by atoms with Crippen molar-refractivity contribution in [1.29, 1.82) is 0 Å². The van der Waals surface area contributed by atoms with Crippen LogP contribution in [-0.4, -0.2) is 6.04 Å². The van der Waals surface area contributed by atoms with E-state index in [0.29, 0.717) is 6.42 Å². The molecule has 0 heterocycles. The number of hydrogen-bond donors (Lipinski definition) is 2. The van der Waals surface area contributed by atoms with Gasteiger partial charge in [0.15, 0.2) is 0 Å². The average molecular weight is 329 g/mol. The first-order valence-corrected chi connectivity index (χ1v) is 7.88. The van der Waals surface area contributed by atoms with Gasteiger partial charge in [-0.05, 0) is 36.5 Å². The Bertz CT molecular complexity index is 405. The molecule has 106 valence electrons. The minimum absolute atomic E-state index is 0.154. The molecule has 2 rings (SSSR count). The van der Waals surface area contributed by atoms with E-state index in [0.717, 1.165) is 22.4 Å². The van der Waals surface area contributed by atoms with Crippen LogP contribution in [0.4, 0.5) is 4.39 Å². The molecule has 0 aliphatic heterocycles. The number of benzene rings is 1. The molecule has 1 atom stereocenters. The van der Waals surface area contributed by atoms with Gasteiger partial charge >= 0.3 is 0 Å². The SMILES string of the molecule is NNC(Cc1ccc(Br)cc1F)CC1CCCCC1. The first-order valence-electron chi connectivity index (χ1n) is 7.09. The lowest BCUT2D eigenvalue weighted by Gasteiger charge is -2.26. The van der Waals surface area contributed by atoms with Crippen molar-refractivity contribution in [3.8, 4) is 0 Å². The smallest absolute Gasteiger partial charge is 0.127 e. The summed E-state index contributed by atoms with van der Waals surface area (Å²) in [5, 5.41) is 0. The zero-order chi connectivity index (χ0) is 13.7. The molecule has 1 aliphatic rings. The number of nitrogens with two attached hydrogens (primary N) is 1. The van der Waals surface area contributed by atoms with E-state index >= 15 is 0 Å². The van der Waals surface area contributed by atoms with Crippen LogP contribution in [0.5, 0.6) is 0 Å². The lowest BCUT2D eigenvalue weighted by atomic mass is 9.84. The molecular weight excluding hydrogens is 307 g/mol. The van der Waals surface area contributed by atoms with Gasteiger partial charge in [0, 0.05) is 10.5 Å². The Kier molecular flexibility index (Phi) is 5.79. The fraction of sp³-hybridized carbons (Fsp3) is 0.600. The minimum Gasteiger partial charge on any atom is -0.271 e. The largest absolute Gasteiger partial charge is 0.271 e. The standard InChI is InChI=1S/C15H22BrFN2/c16-13-7-6-12(15(17)10-13)9-14(19-18)8-11-4-2-1-3-5-11/h6-7,10-11,14,19H,1-5,8-9,18H2. The molecule has 1 saturated carbocycles. The van der Waals surface area contributed by atoms with Crippen molar-refractivity contribution >= 4 is 15.9 Å². The normalized spacial score (nSPS) is 18.5. The van der Waals surface area contributed by atoms with Crippen LogP contribution in [0.1, 0.15) is 44.1 Å². The van der Waals surface area contributed by atoms with E-state index in [9.17, 15) is 4.39 Å². The van der Waals surface area contributed by atoms with Crippen LogP contribution in [0.2, 0.25) is 0 Å². The van der Waals surface area contributed by atoms with Crippen LogP contribution in [0, 0.1) is 11.7 Å². The molecule has 0 radical (unpaired) electrons. The molecular formula is C15H22BrFN2. The Balaban J connectivity index is 1.94. The van der Waals surface area contributed by atoms with E-state index in [2.05, 4.69) is 21.4 Å². The van der Waals surface area contributed by atoms with Gasteiger partial charge in [0.25, 0.3) is 0 Å². The van der Waals surface area contributed by atoms with Crippen molar-refractivity contribution in [1.82, 2.24) is 5.43 Å². The van der Waals surface area contributed by atoms with E-state index in [1.807, 2.05) is 12.1 Å². The predicted molar refractivity (Wildman–Crippen MR) is 80.1 cm³/mol. The maximum Gasteiger partial charge on any atom is 0.127 e. The van der Waals surface area contributed by atoms with E-state index in [-0.39, 0.29) is 11.9 Å². The molecule has 4 heteroatoms. The molecule has 0 aromatic heterocycles. The third-order valence-electron chi connectivity index (χ3n) is 4.06. The van der Waals surface area contributed by atoms with Crippen molar-refractivity contribution in [3.63, 3.8) is 0 Å². The van der Waals surface area contributed by atoms with Crippen molar-refractivity contribution in [2.24, 2.45) is 11.8 Å². The van der Waals surface area contributed by atoms with Gasteiger partial charge in [-0.2, -0.15) is 0 Å². The maximum absolute atomic E-state index is 13.8. The van der Waals surface area contributed by atoms with E-state index in [1.165, 1.54) is 38.2 Å². The van der Waals surface area contributed by atoms with Gasteiger partial charge in [-0.3, -0.25) is 11.3 Å². The average Bonchev–Trinajstić information content (AvgIpc) is 2.42. The van der Waals surface area contributed by atoms with Gasteiger partial charge in [-0.15, -0.1) is 0 Å². The summed E-state index contributed by atoms with van der Waals surface area (Å²) in [5.74, 6) is 6.23. The van der Waals surface area contributed by atoms with E-state index in [1.54, 1.807) is 0 Å². The van der Waals surface area contributed by atoms with E-state index < -0.39 is 0 Å². The number of hydrazine groups is 1. The Morgan fingerprint density at radius 3 is 2.68 bits per heavy atom. The molecule has 1 aromatic rings. The van der Waals surface area contributed by atoms with Crippen LogP contribution >= 0.6 is 15.9 Å². The Morgan fingerprint density at radius 2 is 2.05 bits per heavy atom. The Hall–Kier alpha value is -0.450. The molecule has 1 aromatic carbocycles. The highest BCUT2D eigenvalue weighted by atomic mass is 79.9. The zero-order valence-electron chi connectivity index (χ0n) is 11.2. The summed E-state index contributed by atoms with van der Waals surface area (Å²) in [5.41, 5.74) is 3.60. The highest BCUT2D eigenvalue weighted by Crippen LogP contribution is 2.28. The zero-order valence-corrected chi connectivity index (χ0v) is 12.8. The summed E-state index contributed by atoms with van der Waals surface area (Å²) >= 11 is 3.28. The number of hydrogen-bond acceptors (Lipinski definition) is 2. The van der Waals surface area contributed by atoms with Gasteiger partial charge in [0.1, 0.15) is 5.82 Å². The van der Waals surface area contributed by atoms with Crippen LogP contribution in [-0.2, 0) is 6.42 Å². The predicted octanol–water partition coefficient (Wildman–Crippen LogP) is 3.93. The monoisotopic (exact) mass is 328 g/mol. The van der Waals surface area contributed by atoms with Crippen LogP contribution in [0.25, 0.3) is 0 Å². The summed E-state index contributed by atoms with van der Waals surface area (Å²) in [6.45, 7) is 0. The minimum atomic E-state index is -0.154. The highest BCUT2D eigenvalue weighted by Gasteiger charge is 2.19. The topological polar surface area (TPSA) is 38.0 Å². The van der Waals surface area contributed by atoms with Gasteiger partial charge in [-0.25, -0.2) is 4.39 Å². The molecule has 1 fully saturated rings. The lowest BCUT2D eigenvalue weighted by Crippen LogP contribution is -2.38.